The SMILES string of the molecule is CCC(C)C(C)NC(=O)NCC(C)(O)C(C)C. The van der Waals surface area contributed by atoms with Crippen LogP contribution in [0, 0.1) is 11.8 Å². The minimum atomic E-state index is -0.864. The average Bonchev–Trinajstić information content (AvgIpc) is 2.25. The van der Waals surface area contributed by atoms with Crippen molar-refractivity contribution < 1.29 is 9.90 Å². The van der Waals surface area contributed by atoms with Crippen molar-refractivity contribution in [2.75, 3.05) is 6.54 Å². The summed E-state index contributed by atoms with van der Waals surface area (Å²) in [7, 11) is 0. The zero-order chi connectivity index (χ0) is 13.6. The van der Waals surface area contributed by atoms with Crippen LogP contribution >= 0.6 is 0 Å². The van der Waals surface area contributed by atoms with Gasteiger partial charge in [0.1, 0.15) is 0 Å². The maximum Gasteiger partial charge on any atom is 0.315 e. The van der Waals surface area contributed by atoms with Crippen LogP contribution < -0.4 is 10.6 Å². The van der Waals surface area contributed by atoms with E-state index in [0.717, 1.165) is 6.42 Å². The zero-order valence-electron chi connectivity index (χ0n) is 12.0. The van der Waals surface area contributed by atoms with Gasteiger partial charge in [0.25, 0.3) is 0 Å². The summed E-state index contributed by atoms with van der Waals surface area (Å²) in [5, 5.41) is 15.6. The van der Waals surface area contributed by atoms with Crippen molar-refractivity contribution in [3.8, 4) is 0 Å². The second-order valence-corrected chi connectivity index (χ2v) is 5.51. The molecule has 102 valence electrons. The Bertz CT molecular complexity index is 240. The Morgan fingerprint density at radius 1 is 1.29 bits per heavy atom. The van der Waals surface area contributed by atoms with Gasteiger partial charge in [-0.1, -0.05) is 34.1 Å². The van der Waals surface area contributed by atoms with Gasteiger partial charge in [-0.05, 0) is 25.7 Å². The second kappa shape index (κ2) is 6.84. The number of carbonyl (C=O) groups excluding carboxylic acids is 1. The van der Waals surface area contributed by atoms with Crippen molar-refractivity contribution in [3.63, 3.8) is 0 Å². The molecule has 0 aromatic rings. The van der Waals surface area contributed by atoms with Crippen LogP contribution in [0.15, 0.2) is 0 Å². The number of rotatable bonds is 6. The molecule has 0 aliphatic carbocycles. The number of hydrogen-bond acceptors (Lipinski definition) is 2. The third kappa shape index (κ3) is 5.91. The van der Waals surface area contributed by atoms with Gasteiger partial charge in [-0.3, -0.25) is 0 Å². The molecule has 3 atom stereocenters. The standard InChI is InChI=1S/C13H28N2O2/c1-7-10(4)11(5)15-12(16)14-8-13(6,17)9(2)3/h9-11,17H,7-8H2,1-6H3,(H2,14,15,16). The van der Waals surface area contributed by atoms with E-state index >= 15 is 0 Å². The van der Waals surface area contributed by atoms with Gasteiger partial charge in [0.15, 0.2) is 0 Å². The van der Waals surface area contributed by atoms with Crippen molar-refractivity contribution in [2.24, 2.45) is 11.8 Å². The van der Waals surface area contributed by atoms with Gasteiger partial charge in [0, 0.05) is 12.6 Å². The van der Waals surface area contributed by atoms with Crippen LogP contribution in [-0.2, 0) is 0 Å². The Kier molecular flexibility index (Phi) is 6.53. The van der Waals surface area contributed by atoms with E-state index in [-0.39, 0.29) is 24.5 Å². The van der Waals surface area contributed by atoms with Crippen molar-refractivity contribution >= 4 is 6.03 Å². The quantitative estimate of drug-likeness (QED) is 0.670. The van der Waals surface area contributed by atoms with Crippen molar-refractivity contribution in [1.82, 2.24) is 10.6 Å². The number of carbonyl (C=O) groups is 1. The summed E-state index contributed by atoms with van der Waals surface area (Å²) < 4.78 is 0. The molecule has 17 heavy (non-hydrogen) atoms. The van der Waals surface area contributed by atoms with Crippen LogP contribution in [0.1, 0.15) is 48.0 Å². The predicted molar refractivity (Wildman–Crippen MR) is 70.9 cm³/mol. The van der Waals surface area contributed by atoms with Gasteiger partial charge in [-0.2, -0.15) is 0 Å². The highest BCUT2D eigenvalue weighted by atomic mass is 16.3. The maximum atomic E-state index is 11.6. The van der Waals surface area contributed by atoms with Crippen LogP contribution in [-0.4, -0.2) is 29.3 Å². The molecular weight excluding hydrogens is 216 g/mol. The van der Waals surface area contributed by atoms with Crippen LogP contribution in [0.2, 0.25) is 0 Å². The molecule has 0 aliphatic heterocycles. The van der Waals surface area contributed by atoms with Crippen LogP contribution in [0.5, 0.6) is 0 Å². The summed E-state index contributed by atoms with van der Waals surface area (Å²) in [5.74, 6) is 0.557. The van der Waals surface area contributed by atoms with Gasteiger partial charge in [0.2, 0.25) is 0 Å². The summed E-state index contributed by atoms with van der Waals surface area (Å²) in [4.78, 5) is 11.6. The summed E-state index contributed by atoms with van der Waals surface area (Å²) in [6, 6.07) is -0.0669. The lowest BCUT2D eigenvalue weighted by Gasteiger charge is -2.28. The Morgan fingerprint density at radius 3 is 2.24 bits per heavy atom. The van der Waals surface area contributed by atoms with Gasteiger partial charge in [-0.25, -0.2) is 4.79 Å². The molecule has 0 saturated heterocycles. The highest BCUT2D eigenvalue weighted by Gasteiger charge is 2.25. The van der Waals surface area contributed by atoms with E-state index in [4.69, 9.17) is 0 Å². The minimum Gasteiger partial charge on any atom is -0.388 e. The first-order chi connectivity index (χ1) is 7.70. The van der Waals surface area contributed by atoms with Crippen LogP contribution in [0.3, 0.4) is 0 Å². The van der Waals surface area contributed by atoms with Gasteiger partial charge < -0.3 is 15.7 Å². The fourth-order valence-electron chi connectivity index (χ4n) is 1.22. The lowest BCUT2D eigenvalue weighted by atomic mass is 9.93. The zero-order valence-corrected chi connectivity index (χ0v) is 12.0. The van der Waals surface area contributed by atoms with E-state index < -0.39 is 5.60 Å². The highest BCUT2D eigenvalue weighted by molar-refractivity contribution is 5.74. The van der Waals surface area contributed by atoms with Gasteiger partial charge >= 0.3 is 6.03 Å². The van der Waals surface area contributed by atoms with Crippen molar-refractivity contribution in [1.29, 1.82) is 0 Å². The van der Waals surface area contributed by atoms with Gasteiger partial charge in [-0.15, -0.1) is 0 Å². The van der Waals surface area contributed by atoms with E-state index in [1.165, 1.54) is 0 Å². The summed E-state index contributed by atoms with van der Waals surface area (Å²) >= 11 is 0. The number of amides is 2. The first-order valence-corrected chi connectivity index (χ1v) is 6.47. The molecule has 0 saturated carbocycles. The topological polar surface area (TPSA) is 61.4 Å². The van der Waals surface area contributed by atoms with Crippen LogP contribution in [0.25, 0.3) is 0 Å². The first kappa shape index (κ1) is 16.2. The molecule has 4 heteroatoms. The van der Waals surface area contributed by atoms with E-state index in [9.17, 15) is 9.90 Å². The normalized spacial score (nSPS) is 18.4. The lowest BCUT2D eigenvalue weighted by molar-refractivity contribution is 0.0165. The molecule has 4 nitrogen and oxygen atoms in total. The fraction of sp³-hybridized carbons (Fsp3) is 0.923. The second-order valence-electron chi connectivity index (χ2n) is 5.51. The number of nitrogens with one attached hydrogen (secondary N) is 2. The van der Waals surface area contributed by atoms with Crippen LogP contribution in [0.4, 0.5) is 4.79 Å². The predicted octanol–water partition coefficient (Wildman–Crippen LogP) is 2.13. The molecule has 0 aliphatic rings. The maximum absolute atomic E-state index is 11.6. The summed E-state index contributed by atoms with van der Waals surface area (Å²) in [6.07, 6.45) is 1.03. The van der Waals surface area contributed by atoms with E-state index in [1.807, 2.05) is 20.8 Å². The number of urea groups is 1. The molecule has 0 rings (SSSR count). The molecule has 2 amide bonds. The molecule has 3 unspecified atom stereocenters. The fourth-order valence-corrected chi connectivity index (χ4v) is 1.22. The molecule has 0 aromatic heterocycles. The van der Waals surface area contributed by atoms with Crippen molar-refractivity contribution in [3.05, 3.63) is 0 Å². The highest BCUT2D eigenvalue weighted by Crippen LogP contribution is 2.14. The molecule has 0 heterocycles. The Balaban J connectivity index is 4.04. The number of hydrogen-bond donors (Lipinski definition) is 3. The number of aliphatic hydroxyl groups is 1. The molecule has 0 aromatic carbocycles. The molecule has 0 bridgehead atoms. The first-order valence-electron chi connectivity index (χ1n) is 6.47. The lowest BCUT2D eigenvalue weighted by Crippen LogP contribution is -2.50. The van der Waals surface area contributed by atoms with Gasteiger partial charge in [0.05, 0.1) is 5.60 Å². The Morgan fingerprint density at radius 2 is 1.82 bits per heavy atom. The Hall–Kier alpha value is -0.770. The minimum absolute atomic E-state index is 0.106. The summed E-state index contributed by atoms with van der Waals surface area (Å²) in [6.45, 7) is 12.1. The Labute approximate surface area is 105 Å². The molecule has 3 N–H and O–H groups in total. The summed E-state index contributed by atoms with van der Waals surface area (Å²) in [5.41, 5.74) is -0.864. The molecule has 0 fully saturated rings. The smallest absolute Gasteiger partial charge is 0.315 e. The molecular formula is C13H28N2O2. The van der Waals surface area contributed by atoms with E-state index in [1.54, 1.807) is 6.92 Å². The molecule has 0 spiro atoms. The van der Waals surface area contributed by atoms with E-state index in [2.05, 4.69) is 24.5 Å². The van der Waals surface area contributed by atoms with E-state index in [0.29, 0.717) is 5.92 Å². The third-order valence-electron chi connectivity index (χ3n) is 3.71. The average molecular weight is 244 g/mol. The van der Waals surface area contributed by atoms with Crippen molar-refractivity contribution in [2.45, 2.75) is 59.6 Å². The molecule has 0 radical (unpaired) electrons. The third-order valence-corrected chi connectivity index (χ3v) is 3.71. The largest absolute Gasteiger partial charge is 0.388 e. The monoisotopic (exact) mass is 244 g/mol.